The molecule has 4 heteroatoms. The molecule has 4 nitrogen and oxygen atoms in total. The quantitative estimate of drug-likeness (QED) is 0.0936. The van der Waals surface area contributed by atoms with Crippen LogP contribution in [-0.2, 0) is 14.3 Å². The maximum absolute atomic E-state index is 12.3. The smallest absolute Gasteiger partial charge is 0.306 e. The molecule has 0 amide bonds. The zero-order valence-electron chi connectivity index (χ0n) is 21.4. The predicted octanol–water partition coefficient (Wildman–Crippen LogP) is 8.71. The Morgan fingerprint density at radius 3 is 1.97 bits per heavy atom. The number of carbonyl (C=O) groups excluding carboxylic acids is 1. The van der Waals surface area contributed by atoms with Crippen molar-refractivity contribution in [3.8, 4) is 0 Å². The third kappa shape index (κ3) is 24.6. The first-order chi connectivity index (χ1) is 16.1. The zero-order valence-corrected chi connectivity index (χ0v) is 21.4. The van der Waals surface area contributed by atoms with Crippen molar-refractivity contribution in [2.24, 2.45) is 0 Å². The summed E-state index contributed by atoms with van der Waals surface area (Å²) < 4.78 is 5.71. The molecule has 1 unspecified atom stereocenters. The van der Waals surface area contributed by atoms with E-state index in [-0.39, 0.29) is 18.5 Å². The van der Waals surface area contributed by atoms with Crippen molar-refractivity contribution >= 4 is 11.9 Å². The second-order valence-corrected chi connectivity index (χ2v) is 8.87. The lowest BCUT2D eigenvalue weighted by atomic mass is 10.1. The number of allylic oxidation sites excluding steroid dienone is 5. The molecule has 0 saturated carbocycles. The second kappa shape index (κ2) is 24.8. The highest BCUT2D eigenvalue weighted by molar-refractivity contribution is 5.69. The normalized spacial score (nSPS) is 12.8. The molecule has 0 aliphatic heterocycles. The van der Waals surface area contributed by atoms with Gasteiger partial charge >= 0.3 is 11.9 Å². The molecule has 0 heterocycles. The van der Waals surface area contributed by atoms with Gasteiger partial charge in [-0.05, 0) is 63.9 Å². The van der Waals surface area contributed by atoms with Crippen molar-refractivity contribution in [1.82, 2.24) is 0 Å². The topological polar surface area (TPSA) is 63.6 Å². The van der Waals surface area contributed by atoms with E-state index < -0.39 is 5.97 Å². The molecule has 0 fully saturated rings. The molecule has 1 N–H and O–H groups in total. The fourth-order valence-electron chi connectivity index (χ4n) is 3.55. The van der Waals surface area contributed by atoms with Crippen LogP contribution in [0, 0.1) is 0 Å². The molecule has 0 saturated heterocycles. The highest BCUT2D eigenvalue weighted by atomic mass is 16.5. The number of carboxylic acid groups (broad SMARTS) is 1. The third-order valence-electron chi connectivity index (χ3n) is 5.53. The van der Waals surface area contributed by atoms with Gasteiger partial charge in [0.05, 0.1) is 0 Å². The SMILES string of the molecule is CCC/C=C\C/C=C\CCCCCCCC(=O)OC(/C=C\CCC)CCCCCCC(=O)O. The molecule has 0 aliphatic rings. The number of aliphatic carboxylic acids is 1. The summed E-state index contributed by atoms with van der Waals surface area (Å²) in [5, 5.41) is 8.70. The number of unbranched alkanes of at least 4 members (excludes halogenated alkanes) is 10. The lowest BCUT2D eigenvalue weighted by molar-refractivity contribution is -0.147. The van der Waals surface area contributed by atoms with Crippen molar-refractivity contribution < 1.29 is 19.4 Å². The number of carbonyl (C=O) groups is 2. The molecule has 0 spiro atoms. The van der Waals surface area contributed by atoms with Gasteiger partial charge in [0.15, 0.2) is 0 Å². The van der Waals surface area contributed by atoms with Crippen molar-refractivity contribution in [2.45, 2.75) is 136 Å². The van der Waals surface area contributed by atoms with Crippen molar-refractivity contribution in [3.63, 3.8) is 0 Å². The summed E-state index contributed by atoms with van der Waals surface area (Å²) in [5.41, 5.74) is 0. The highest BCUT2D eigenvalue weighted by Crippen LogP contribution is 2.14. The fourth-order valence-corrected chi connectivity index (χ4v) is 3.55. The van der Waals surface area contributed by atoms with E-state index in [0.29, 0.717) is 6.42 Å². The summed E-state index contributed by atoms with van der Waals surface area (Å²) in [4.78, 5) is 22.8. The number of hydrogen-bond acceptors (Lipinski definition) is 3. The summed E-state index contributed by atoms with van der Waals surface area (Å²) in [5.74, 6) is -0.821. The van der Waals surface area contributed by atoms with Crippen LogP contribution < -0.4 is 0 Å². The van der Waals surface area contributed by atoms with Crippen LogP contribution in [0.5, 0.6) is 0 Å². The first-order valence-electron chi connectivity index (χ1n) is 13.5. The summed E-state index contributed by atoms with van der Waals surface area (Å²) in [6.07, 6.45) is 30.4. The summed E-state index contributed by atoms with van der Waals surface area (Å²) >= 11 is 0. The maximum Gasteiger partial charge on any atom is 0.306 e. The van der Waals surface area contributed by atoms with Crippen LogP contribution in [0.15, 0.2) is 36.5 Å². The Labute approximate surface area is 203 Å². The average Bonchev–Trinajstić information content (AvgIpc) is 2.79. The molecular weight excluding hydrogens is 412 g/mol. The molecule has 0 aromatic rings. The Kier molecular flexibility index (Phi) is 23.4. The van der Waals surface area contributed by atoms with E-state index in [1.54, 1.807) is 0 Å². The molecule has 190 valence electrons. The summed E-state index contributed by atoms with van der Waals surface area (Å²) in [7, 11) is 0. The van der Waals surface area contributed by atoms with Crippen LogP contribution in [0.2, 0.25) is 0 Å². The van der Waals surface area contributed by atoms with Crippen molar-refractivity contribution in [2.75, 3.05) is 0 Å². The number of carboxylic acids is 1. The minimum atomic E-state index is -0.730. The molecular formula is C29H50O4. The average molecular weight is 463 g/mol. The largest absolute Gasteiger partial charge is 0.481 e. The molecule has 33 heavy (non-hydrogen) atoms. The Morgan fingerprint density at radius 2 is 1.27 bits per heavy atom. The van der Waals surface area contributed by atoms with Crippen molar-refractivity contribution in [3.05, 3.63) is 36.5 Å². The molecule has 0 aromatic carbocycles. The van der Waals surface area contributed by atoms with E-state index in [1.807, 2.05) is 6.08 Å². The predicted molar refractivity (Wildman–Crippen MR) is 139 cm³/mol. The molecule has 0 rings (SSSR count). The number of ether oxygens (including phenoxy) is 1. The first-order valence-corrected chi connectivity index (χ1v) is 13.5. The zero-order chi connectivity index (χ0) is 24.4. The van der Waals surface area contributed by atoms with Crippen LogP contribution in [0.1, 0.15) is 129 Å². The van der Waals surface area contributed by atoms with Gasteiger partial charge in [-0.25, -0.2) is 0 Å². The molecule has 1 atom stereocenters. The van der Waals surface area contributed by atoms with E-state index in [2.05, 4.69) is 44.2 Å². The molecule has 0 bridgehead atoms. The third-order valence-corrected chi connectivity index (χ3v) is 5.53. The number of hydrogen-bond donors (Lipinski definition) is 1. The molecule has 0 radical (unpaired) electrons. The van der Waals surface area contributed by atoms with E-state index in [0.717, 1.165) is 70.6 Å². The maximum atomic E-state index is 12.3. The van der Waals surface area contributed by atoms with Gasteiger partial charge in [0.1, 0.15) is 6.10 Å². The van der Waals surface area contributed by atoms with Gasteiger partial charge < -0.3 is 9.84 Å². The summed E-state index contributed by atoms with van der Waals surface area (Å²) in [6.45, 7) is 4.33. The molecule has 0 aliphatic carbocycles. The molecule has 0 aromatic heterocycles. The standard InChI is InChI=1S/C29H50O4/c1-3-5-7-8-9-10-11-12-13-14-15-16-22-26-29(32)33-27(23-19-6-4-2)24-20-17-18-21-25-28(30)31/h7-8,10-11,19,23,27H,3-6,9,12-18,20-22,24-26H2,1-2H3,(H,30,31)/b8-7-,11-10-,23-19-. The van der Waals surface area contributed by atoms with Gasteiger partial charge in [0, 0.05) is 12.8 Å². The van der Waals surface area contributed by atoms with Gasteiger partial charge in [-0.2, -0.15) is 0 Å². The Morgan fingerprint density at radius 1 is 0.697 bits per heavy atom. The second-order valence-electron chi connectivity index (χ2n) is 8.87. The van der Waals surface area contributed by atoms with Crippen LogP contribution >= 0.6 is 0 Å². The van der Waals surface area contributed by atoms with E-state index in [1.165, 1.54) is 32.1 Å². The minimum Gasteiger partial charge on any atom is -0.481 e. The number of rotatable bonds is 23. The lowest BCUT2D eigenvalue weighted by Crippen LogP contribution is -2.16. The number of esters is 1. The minimum absolute atomic E-state index is 0.0916. The van der Waals surface area contributed by atoms with E-state index in [9.17, 15) is 9.59 Å². The van der Waals surface area contributed by atoms with Gasteiger partial charge in [-0.1, -0.05) is 89.2 Å². The fraction of sp³-hybridized carbons (Fsp3) is 0.724. The van der Waals surface area contributed by atoms with E-state index in [4.69, 9.17) is 9.84 Å². The lowest BCUT2D eigenvalue weighted by Gasteiger charge is -2.14. The van der Waals surface area contributed by atoms with Gasteiger partial charge in [0.25, 0.3) is 0 Å². The Balaban J connectivity index is 3.88. The van der Waals surface area contributed by atoms with Gasteiger partial charge in [-0.3, -0.25) is 9.59 Å². The van der Waals surface area contributed by atoms with Crippen LogP contribution in [0.3, 0.4) is 0 Å². The van der Waals surface area contributed by atoms with Gasteiger partial charge in [0.2, 0.25) is 0 Å². The monoisotopic (exact) mass is 462 g/mol. The Hall–Kier alpha value is -1.84. The van der Waals surface area contributed by atoms with Crippen molar-refractivity contribution in [1.29, 1.82) is 0 Å². The van der Waals surface area contributed by atoms with Crippen LogP contribution in [0.4, 0.5) is 0 Å². The van der Waals surface area contributed by atoms with Crippen LogP contribution in [-0.4, -0.2) is 23.1 Å². The van der Waals surface area contributed by atoms with E-state index >= 15 is 0 Å². The van der Waals surface area contributed by atoms with Crippen LogP contribution in [0.25, 0.3) is 0 Å². The van der Waals surface area contributed by atoms with Gasteiger partial charge in [-0.15, -0.1) is 0 Å². The summed E-state index contributed by atoms with van der Waals surface area (Å²) in [6, 6.07) is 0. The Bertz CT molecular complexity index is 548. The first kappa shape index (κ1) is 31.2. The highest BCUT2D eigenvalue weighted by Gasteiger charge is 2.11.